The van der Waals surface area contributed by atoms with Gasteiger partial charge in [-0.3, -0.25) is 0 Å². The van der Waals surface area contributed by atoms with Gasteiger partial charge in [0.1, 0.15) is 0 Å². The van der Waals surface area contributed by atoms with Gasteiger partial charge in [-0.05, 0) is 55.7 Å². The molecule has 1 N–H and O–H groups in total. The van der Waals surface area contributed by atoms with Gasteiger partial charge in [-0.1, -0.05) is 24.3 Å². The summed E-state index contributed by atoms with van der Waals surface area (Å²) in [6.45, 7) is 9.18. The number of nitrogens with zero attached hydrogens (tertiary/aromatic N) is 2. The van der Waals surface area contributed by atoms with Crippen molar-refractivity contribution >= 4 is 11.4 Å². The quantitative estimate of drug-likeness (QED) is 0.592. The molecule has 29 heavy (non-hydrogen) atoms. The fourth-order valence-corrected chi connectivity index (χ4v) is 3.74. The molecule has 156 valence electrons. The van der Waals surface area contributed by atoms with Gasteiger partial charge >= 0.3 is 0 Å². The Morgan fingerprint density at radius 1 is 0.862 bits per heavy atom. The first kappa shape index (κ1) is 20.2. The van der Waals surface area contributed by atoms with Crippen LogP contribution in [0, 0.1) is 0 Å². The van der Waals surface area contributed by atoms with E-state index in [0.29, 0.717) is 18.8 Å². The van der Waals surface area contributed by atoms with Gasteiger partial charge in [0.25, 0.3) is 0 Å². The smallest absolute Gasteiger partial charge is 0.0984 e. The first-order chi connectivity index (χ1) is 14.1. The lowest BCUT2D eigenvalue weighted by Gasteiger charge is -2.25. The second-order valence-corrected chi connectivity index (χ2v) is 8.21. The molecule has 0 aromatic heterocycles. The molecule has 4 rings (SSSR count). The normalized spacial score (nSPS) is 20.9. The van der Waals surface area contributed by atoms with Crippen molar-refractivity contribution in [2.45, 2.75) is 38.6 Å². The van der Waals surface area contributed by atoms with Crippen molar-refractivity contribution in [1.29, 1.82) is 0 Å². The van der Waals surface area contributed by atoms with E-state index in [0.717, 1.165) is 45.0 Å². The van der Waals surface area contributed by atoms with Crippen molar-refractivity contribution in [3.05, 3.63) is 59.7 Å². The summed E-state index contributed by atoms with van der Waals surface area (Å²) in [6, 6.07) is 17.6. The molecule has 2 aliphatic rings. The zero-order valence-electron chi connectivity index (χ0n) is 17.5. The summed E-state index contributed by atoms with van der Waals surface area (Å²) in [7, 11) is 0. The van der Waals surface area contributed by atoms with Gasteiger partial charge in [0.15, 0.2) is 0 Å². The summed E-state index contributed by atoms with van der Waals surface area (Å²) >= 11 is 0. The van der Waals surface area contributed by atoms with Crippen molar-refractivity contribution in [3.8, 4) is 0 Å². The summed E-state index contributed by atoms with van der Waals surface area (Å²) in [4.78, 5) is 4.58. The summed E-state index contributed by atoms with van der Waals surface area (Å²) in [5, 5.41) is 9.80. The fourth-order valence-electron chi connectivity index (χ4n) is 3.74. The molecule has 0 amide bonds. The third-order valence-electron chi connectivity index (χ3n) is 5.53. The van der Waals surface area contributed by atoms with Gasteiger partial charge in [0.2, 0.25) is 0 Å². The molecule has 2 aromatic carbocycles. The van der Waals surface area contributed by atoms with Crippen molar-refractivity contribution in [2.75, 3.05) is 49.2 Å². The van der Waals surface area contributed by atoms with E-state index in [1.165, 1.54) is 16.8 Å². The number of hydrogen-bond acceptors (Lipinski definition) is 5. The number of epoxide rings is 2. The van der Waals surface area contributed by atoms with Crippen LogP contribution in [-0.4, -0.2) is 62.8 Å². The Morgan fingerprint density at radius 3 is 1.72 bits per heavy atom. The van der Waals surface area contributed by atoms with Gasteiger partial charge in [0.05, 0.1) is 31.5 Å². The highest BCUT2D eigenvalue weighted by Crippen LogP contribution is 2.23. The first-order valence-corrected chi connectivity index (χ1v) is 10.7. The highest BCUT2D eigenvalue weighted by Gasteiger charge is 2.26. The molecule has 2 fully saturated rings. The van der Waals surface area contributed by atoms with Crippen LogP contribution in [0.2, 0.25) is 0 Å². The predicted molar refractivity (Wildman–Crippen MR) is 117 cm³/mol. The maximum Gasteiger partial charge on any atom is 0.0984 e. The maximum atomic E-state index is 9.80. The number of aliphatic hydroxyl groups excluding tert-OH is 1. The van der Waals surface area contributed by atoms with E-state index >= 15 is 0 Å². The van der Waals surface area contributed by atoms with Crippen molar-refractivity contribution in [2.24, 2.45) is 0 Å². The van der Waals surface area contributed by atoms with Crippen LogP contribution in [-0.2, 0) is 15.9 Å². The average Bonchev–Trinajstić information content (AvgIpc) is 3.63. The van der Waals surface area contributed by atoms with Gasteiger partial charge in [-0.25, -0.2) is 0 Å². The first-order valence-electron chi connectivity index (χ1n) is 10.7. The van der Waals surface area contributed by atoms with E-state index in [1.54, 1.807) is 0 Å². The molecule has 5 heteroatoms. The number of anilines is 2. The number of likely N-dealkylation sites (N-methyl/N-ethyl adjacent to an activating group) is 1. The van der Waals surface area contributed by atoms with Gasteiger partial charge in [0, 0.05) is 37.6 Å². The molecular formula is C24H32N2O3. The highest BCUT2D eigenvalue weighted by molar-refractivity contribution is 5.50. The van der Waals surface area contributed by atoms with E-state index < -0.39 is 0 Å². The Morgan fingerprint density at radius 2 is 1.31 bits per heavy atom. The van der Waals surface area contributed by atoms with Crippen LogP contribution in [0.3, 0.4) is 0 Å². The third kappa shape index (κ3) is 5.95. The molecule has 0 saturated carbocycles. The zero-order chi connectivity index (χ0) is 20.2. The zero-order valence-corrected chi connectivity index (χ0v) is 17.5. The Hall–Kier alpha value is -2.08. The minimum Gasteiger partial charge on any atom is -0.392 e. The molecule has 2 heterocycles. The minimum absolute atomic E-state index is 0.307. The molecular weight excluding hydrogens is 364 g/mol. The monoisotopic (exact) mass is 396 g/mol. The molecule has 0 spiro atoms. The molecule has 3 unspecified atom stereocenters. The standard InChI is InChI=1S/C24H32N2O3/c1-3-25(14-23-16-28-23)21-8-4-19(5-9-21)12-20-6-10-22(11-7-20)26(13-18(2)27)15-24-17-29-24/h4-11,18,23-24,27H,3,12-17H2,1-2H3. The third-order valence-corrected chi connectivity index (χ3v) is 5.53. The number of hydrogen-bond donors (Lipinski definition) is 1. The molecule has 5 nitrogen and oxygen atoms in total. The molecule has 0 radical (unpaired) electrons. The highest BCUT2D eigenvalue weighted by atomic mass is 16.6. The van der Waals surface area contributed by atoms with Crippen LogP contribution < -0.4 is 9.80 Å². The Labute approximate surface area is 173 Å². The summed E-state index contributed by atoms with van der Waals surface area (Å²) < 4.78 is 10.7. The summed E-state index contributed by atoms with van der Waals surface area (Å²) in [5.41, 5.74) is 5.01. The van der Waals surface area contributed by atoms with E-state index in [-0.39, 0.29) is 6.10 Å². The van der Waals surface area contributed by atoms with E-state index in [1.807, 2.05) is 6.92 Å². The van der Waals surface area contributed by atoms with Crippen LogP contribution in [0.5, 0.6) is 0 Å². The number of benzene rings is 2. The van der Waals surface area contributed by atoms with Crippen LogP contribution in [0.25, 0.3) is 0 Å². The van der Waals surface area contributed by atoms with Gasteiger partial charge in [-0.2, -0.15) is 0 Å². The molecule has 3 atom stereocenters. The van der Waals surface area contributed by atoms with Crippen LogP contribution in [0.15, 0.2) is 48.5 Å². The molecule has 0 aliphatic carbocycles. The Kier molecular flexibility index (Phi) is 6.38. The number of ether oxygens (including phenoxy) is 2. The lowest BCUT2D eigenvalue weighted by atomic mass is 10.0. The minimum atomic E-state index is -0.360. The SMILES string of the molecule is CCN(CC1CO1)c1ccc(Cc2ccc(N(CC(C)O)CC3CO3)cc2)cc1. The lowest BCUT2D eigenvalue weighted by Crippen LogP contribution is -2.34. The summed E-state index contributed by atoms with van der Waals surface area (Å²) in [6.07, 6.45) is 1.27. The van der Waals surface area contributed by atoms with E-state index in [9.17, 15) is 5.11 Å². The number of aliphatic hydroxyl groups is 1. The van der Waals surface area contributed by atoms with E-state index in [4.69, 9.17) is 9.47 Å². The van der Waals surface area contributed by atoms with Crippen molar-refractivity contribution in [3.63, 3.8) is 0 Å². The average molecular weight is 397 g/mol. The van der Waals surface area contributed by atoms with Gasteiger partial charge < -0.3 is 24.4 Å². The lowest BCUT2D eigenvalue weighted by molar-refractivity contribution is 0.199. The predicted octanol–water partition coefficient (Wildman–Crippen LogP) is 3.09. The topological polar surface area (TPSA) is 51.8 Å². The summed E-state index contributed by atoms with van der Waals surface area (Å²) in [5.74, 6) is 0. The largest absolute Gasteiger partial charge is 0.392 e. The van der Waals surface area contributed by atoms with Crippen molar-refractivity contribution < 1.29 is 14.6 Å². The molecule has 2 saturated heterocycles. The second kappa shape index (κ2) is 9.16. The fraction of sp³-hybridized carbons (Fsp3) is 0.500. The maximum absolute atomic E-state index is 9.80. The molecule has 0 bridgehead atoms. The van der Waals surface area contributed by atoms with Crippen LogP contribution >= 0.6 is 0 Å². The second-order valence-electron chi connectivity index (χ2n) is 8.21. The molecule has 2 aromatic rings. The Balaban J connectivity index is 1.37. The molecule has 2 aliphatic heterocycles. The Bertz CT molecular complexity index is 764. The van der Waals surface area contributed by atoms with Crippen molar-refractivity contribution in [1.82, 2.24) is 0 Å². The van der Waals surface area contributed by atoms with Gasteiger partial charge in [-0.15, -0.1) is 0 Å². The van der Waals surface area contributed by atoms with Crippen LogP contribution in [0.1, 0.15) is 25.0 Å². The number of rotatable bonds is 11. The van der Waals surface area contributed by atoms with E-state index in [2.05, 4.69) is 65.3 Å². The van der Waals surface area contributed by atoms with Crippen LogP contribution in [0.4, 0.5) is 11.4 Å².